The van der Waals surface area contributed by atoms with Crippen LogP contribution in [0.4, 0.5) is 105 Å². The predicted octanol–water partition coefficient (Wildman–Crippen LogP) is 12.7. The Morgan fingerprint density at radius 1 is 0.321 bits per heavy atom. The number of hydrogen-bond donors (Lipinski definition) is 0. The maximum Gasteiger partial charge on any atom is 0.226 e. The maximum atomic E-state index is 16.6. The summed E-state index contributed by atoms with van der Waals surface area (Å²) < 4.78 is 309. The number of benzene rings is 4. The average molecular weight is 830 g/mol. The molecule has 4 aromatic carbocycles. The van der Waals surface area contributed by atoms with E-state index in [9.17, 15) is 17.6 Å². The monoisotopic (exact) mass is 830 g/mol. The van der Waals surface area contributed by atoms with Crippen LogP contribution in [0.2, 0.25) is 0 Å². The minimum absolute atomic E-state index is 0.250. The molecule has 4 aromatic rings. The van der Waals surface area contributed by atoms with Crippen LogP contribution in [0.25, 0.3) is 0 Å². The Bertz CT molecular complexity index is 2220. The van der Waals surface area contributed by atoms with Gasteiger partial charge >= 0.3 is 0 Å². The number of hydrogen-bond acceptors (Lipinski definition) is 0. The summed E-state index contributed by atoms with van der Waals surface area (Å²) in [5.74, 6) is -71.0. The maximum absolute atomic E-state index is 16.6. The molecule has 2 unspecified atom stereocenters. The number of quaternary nitrogens is 1. The molecule has 56 heavy (non-hydrogen) atoms. The highest BCUT2D eigenvalue weighted by Gasteiger charge is 2.72. The quantitative estimate of drug-likeness (QED) is 0.0814. The minimum atomic E-state index is -4.77. The molecule has 0 aromatic heterocycles. The van der Waals surface area contributed by atoms with Gasteiger partial charge in [0.25, 0.3) is 0 Å². The van der Waals surface area contributed by atoms with Gasteiger partial charge in [-0.3, -0.25) is 0 Å². The molecule has 1 nitrogen and oxygen atoms in total. The molecule has 0 bridgehead atoms. The summed E-state index contributed by atoms with van der Waals surface area (Å²) in [5, 5.41) is 0. The Kier molecular flexibility index (Phi) is 10.2. The van der Waals surface area contributed by atoms with Gasteiger partial charge in [-0.1, -0.05) is 12.5 Å². The van der Waals surface area contributed by atoms with Crippen molar-refractivity contribution in [3.8, 4) is 0 Å². The van der Waals surface area contributed by atoms with E-state index >= 15 is 70.2 Å². The Morgan fingerprint density at radius 3 is 0.786 bits per heavy atom. The lowest BCUT2D eigenvalue weighted by atomic mass is 9.61. The molecular formula is C35H16F20N+. The van der Waals surface area contributed by atoms with Crippen molar-refractivity contribution >= 4 is 17.1 Å². The second-order valence-electron chi connectivity index (χ2n) is 12.4. The zero-order chi connectivity index (χ0) is 42.7. The third-order valence-corrected chi connectivity index (χ3v) is 10.3. The molecule has 300 valence electrons. The van der Waals surface area contributed by atoms with Gasteiger partial charge in [0.15, 0.2) is 28.8 Å². The van der Waals surface area contributed by atoms with Crippen LogP contribution < -0.4 is 4.48 Å². The van der Waals surface area contributed by atoms with Crippen LogP contribution in [-0.2, 0) is 5.54 Å². The summed E-state index contributed by atoms with van der Waals surface area (Å²) in [6.07, 6.45) is 0. The lowest BCUT2D eigenvalue weighted by Crippen LogP contribution is -2.65. The molecule has 0 aliphatic heterocycles. The highest BCUT2D eigenvalue weighted by Crippen LogP contribution is 2.68. The van der Waals surface area contributed by atoms with Crippen LogP contribution in [0.3, 0.4) is 0 Å². The first-order valence-corrected chi connectivity index (χ1v) is 15.1. The van der Waals surface area contributed by atoms with Crippen molar-refractivity contribution in [1.29, 1.82) is 0 Å². The van der Waals surface area contributed by atoms with E-state index in [1.165, 1.54) is 0 Å². The van der Waals surface area contributed by atoms with E-state index in [-0.39, 0.29) is 5.57 Å². The lowest BCUT2D eigenvalue weighted by molar-refractivity contribution is 0.150. The van der Waals surface area contributed by atoms with E-state index < -0.39 is 172 Å². The molecule has 0 saturated heterocycles. The Hall–Kier alpha value is -5.08. The van der Waals surface area contributed by atoms with Crippen LogP contribution >= 0.6 is 0 Å². The number of rotatable bonds is 5. The molecule has 0 heterocycles. The molecule has 21 heteroatoms. The first kappa shape index (κ1) is 42.1. The first-order chi connectivity index (χ1) is 25.7. The number of nitrogens with zero attached hydrogens (tertiary/aromatic N) is 1. The number of halogens is 20. The van der Waals surface area contributed by atoms with E-state index in [0.29, 0.717) is 13.8 Å². The fourth-order valence-electron chi connectivity index (χ4n) is 7.41. The summed E-state index contributed by atoms with van der Waals surface area (Å²) in [6, 6.07) is 0. The third kappa shape index (κ3) is 4.87. The van der Waals surface area contributed by atoms with Crippen LogP contribution in [0.15, 0.2) is 22.3 Å². The molecule has 0 fully saturated rings. The molecule has 0 N–H and O–H groups in total. The molecule has 0 spiro atoms. The van der Waals surface area contributed by atoms with Gasteiger partial charge in [0.2, 0.25) is 110 Å². The van der Waals surface area contributed by atoms with E-state index in [1.807, 2.05) is 0 Å². The van der Waals surface area contributed by atoms with Crippen molar-refractivity contribution in [2.24, 2.45) is 5.92 Å². The van der Waals surface area contributed by atoms with Crippen LogP contribution in [0.1, 0.15) is 40.2 Å². The number of allylic oxidation sites excluding steroid dienone is 2. The van der Waals surface area contributed by atoms with Crippen LogP contribution in [-0.4, -0.2) is 0 Å². The highest BCUT2D eigenvalue weighted by atomic mass is 19.2. The molecule has 1 aliphatic rings. The van der Waals surface area contributed by atoms with Gasteiger partial charge in [0, 0.05) is 5.92 Å². The molecule has 0 saturated carbocycles. The molecule has 1 aliphatic carbocycles. The molecule has 2 atom stereocenters. The largest absolute Gasteiger partial charge is 0.226 e. The second-order valence-corrected chi connectivity index (χ2v) is 12.4. The van der Waals surface area contributed by atoms with Crippen molar-refractivity contribution in [1.82, 2.24) is 4.48 Å². The summed E-state index contributed by atoms with van der Waals surface area (Å²) in [6.45, 7) is 3.30. The van der Waals surface area contributed by atoms with E-state index in [0.717, 1.165) is 20.8 Å². The zero-order valence-corrected chi connectivity index (χ0v) is 28.1. The van der Waals surface area contributed by atoms with Crippen molar-refractivity contribution in [2.45, 2.75) is 40.2 Å². The molecular weight excluding hydrogens is 814 g/mol. The fraction of sp³-hybridized carbons (Fsp3) is 0.200. The van der Waals surface area contributed by atoms with Gasteiger partial charge in [-0.15, -0.1) is 0 Å². The predicted molar refractivity (Wildman–Crippen MR) is 154 cm³/mol. The topological polar surface area (TPSA) is 0 Å². The Balaban J connectivity index is 2.53. The zero-order valence-electron chi connectivity index (χ0n) is 28.1. The summed E-state index contributed by atoms with van der Waals surface area (Å²) in [5.41, 5.74) is -21.0. The van der Waals surface area contributed by atoms with Crippen molar-refractivity contribution in [3.05, 3.63) is 144 Å². The van der Waals surface area contributed by atoms with Crippen molar-refractivity contribution in [2.75, 3.05) is 0 Å². The van der Waals surface area contributed by atoms with E-state index in [4.69, 9.17) is 0 Å². The fourth-order valence-corrected chi connectivity index (χ4v) is 7.41. The van der Waals surface area contributed by atoms with Gasteiger partial charge < -0.3 is 0 Å². The smallest absolute Gasteiger partial charge is 0.203 e. The average Bonchev–Trinajstić information content (AvgIpc) is 3.17. The summed E-state index contributed by atoms with van der Waals surface area (Å²) in [4.78, 5) is 0. The third-order valence-electron chi connectivity index (χ3n) is 10.3. The standard InChI is InChI=1S/C35H16F20N/c1-6-7(2)9(4)35(10(5)8(6)3,11-12(36)14(38)16(40)15(39)13(11)37)56(32-26(50)20(44)17(41)21(45)27(32)51,33-28(52)22(46)18(42)23(47)29(33)53)34-30(54)24(48)19(43)25(49)31(34)55/h9H,1-5H3/q+1. The molecule has 5 rings (SSSR count). The van der Waals surface area contributed by atoms with Gasteiger partial charge in [0.1, 0.15) is 0 Å². The second kappa shape index (κ2) is 13.5. The normalized spacial score (nSPS) is 17.8. The van der Waals surface area contributed by atoms with Crippen LogP contribution in [0.5, 0.6) is 0 Å². The Labute approximate surface area is 300 Å². The molecule has 0 radical (unpaired) electrons. The summed E-state index contributed by atoms with van der Waals surface area (Å²) in [7, 11) is 0. The first-order valence-electron chi connectivity index (χ1n) is 15.1. The molecule has 0 amide bonds. The highest BCUT2D eigenvalue weighted by molar-refractivity contribution is 5.80. The minimum Gasteiger partial charge on any atom is -0.203 e. The van der Waals surface area contributed by atoms with Crippen LogP contribution in [0, 0.1) is 122 Å². The lowest BCUT2D eigenvalue weighted by Gasteiger charge is -2.57. The van der Waals surface area contributed by atoms with Crippen molar-refractivity contribution < 1.29 is 87.8 Å². The summed E-state index contributed by atoms with van der Waals surface area (Å²) >= 11 is 0. The SMILES string of the molecule is CC1=C(C)C(C)C(c2c(F)c(F)c(F)c(F)c2F)([N+](c2c(F)c(F)c(F)c(F)c2F)(c2c(F)c(F)c(F)c(F)c2F)c2c(F)c(F)c(F)c(F)c2F)C(C)=C1C. The Morgan fingerprint density at radius 2 is 0.536 bits per heavy atom. The van der Waals surface area contributed by atoms with Gasteiger partial charge in [-0.25, -0.2) is 61.5 Å². The van der Waals surface area contributed by atoms with E-state index in [1.54, 1.807) is 0 Å². The van der Waals surface area contributed by atoms with Crippen molar-refractivity contribution in [3.63, 3.8) is 0 Å². The van der Waals surface area contributed by atoms with E-state index in [2.05, 4.69) is 0 Å². The van der Waals surface area contributed by atoms with Gasteiger partial charge in [-0.05, 0) is 44.4 Å². The van der Waals surface area contributed by atoms with Gasteiger partial charge in [-0.2, -0.15) is 30.8 Å². The van der Waals surface area contributed by atoms with Gasteiger partial charge in [0.05, 0.1) is 5.56 Å².